The van der Waals surface area contributed by atoms with Crippen LogP contribution in [-0.2, 0) is 11.3 Å². The Morgan fingerprint density at radius 1 is 1.26 bits per heavy atom. The van der Waals surface area contributed by atoms with Crippen LogP contribution in [0, 0.1) is 6.92 Å². The molecule has 140 valence electrons. The fraction of sp³-hybridized carbons (Fsp3) is 0.300. The maximum atomic E-state index is 12.7. The van der Waals surface area contributed by atoms with Gasteiger partial charge in [0.05, 0.1) is 16.2 Å². The molecule has 0 aliphatic rings. The third-order valence-corrected chi connectivity index (χ3v) is 5.57. The molecule has 0 saturated carbocycles. The van der Waals surface area contributed by atoms with Gasteiger partial charge in [0, 0.05) is 12.7 Å². The summed E-state index contributed by atoms with van der Waals surface area (Å²) in [5.41, 5.74) is 1.59. The van der Waals surface area contributed by atoms with Crippen LogP contribution in [-0.4, -0.2) is 25.7 Å². The number of aromatic nitrogens is 3. The zero-order valence-corrected chi connectivity index (χ0v) is 16.4. The Morgan fingerprint density at radius 3 is 2.74 bits per heavy atom. The molecule has 1 atom stereocenters. The van der Waals surface area contributed by atoms with E-state index in [-0.39, 0.29) is 16.7 Å². The molecule has 1 unspecified atom stereocenters. The quantitative estimate of drug-likeness (QED) is 0.520. The fourth-order valence-corrected chi connectivity index (χ4v) is 3.85. The summed E-state index contributed by atoms with van der Waals surface area (Å²) in [5, 5.41) is 3.62. The number of hydrogen-bond donors (Lipinski definition) is 1. The van der Waals surface area contributed by atoms with Crippen LogP contribution in [0.1, 0.15) is 25.8 Å². The first kappa shape index (κ1) is 19.1. The molecule has 0 saturated heterocycles. The summed E-state index contributed by atoms with van der Waals surface area (Å²) in [6.07, 6.45) is 2.27. The number of para-hydroxylation sites is 1. The Kier molecular flexibility index (Phi) is 5.91. The highest BCUT2D eigenvalue weighted by molar-refractivity contribution is 8.00. The smallest absolute Gasteiger partial charge is 0.262 e. The van der Waals surface area contributed by atoms with Crippen molar-refractivity contribution in [2.45, 2.75) is 44.1 Å². The number of amides is 1. The topological polar surface area (TPSA) is 76.9 Å². The van der Waals surface area contributed by atoms with Gasteiger partial charge in [-0.15, -0.1) is 0 Å². The van der Waals surface area contributed by atoms with Crippen LogP contribution in [0.15, 0.2) is 52.5 Å². The van der Waals surface area contributed by atoms with Gasteiger partial charge in [-0.2, -0.15) is 0 Å². The van der Waals surface area contributed by atoms with Gasteiger partial charge in [-0.1, -0.05) is 30.8 Å². The maximum absolute atomic E-state index is 12.7. The summed E-state index contributed by atoms with van der Waals surface area (Å²) in [6.45, 7) is 6.29. The summed E-state index contributed by atoms with van der Waals surface area (Å²) in [6, 6.07) is 11.0. The van der Waals surface area contributed by atoms with Crippen molar-refractivity contribution in [2.24, 2.45) is 0 Å². The molecule has 1 N–H and O–H groups in total. The van der Waals surface area contributed by atoms with E-state index in [1.54, 1.807) is 16.8 Å². The molecular weight excluding hydrogens is 360 g/mol. The van der Waals surface area contributed by atoms with Crippen LogP contribution in [0.3, 0.4) is 0 Å². The Labute approximate surface area is 162 Å². The van der Waals surface area contributed by atoms with Crippen LogP contribution in [0.5, 0.6) is 0 Å². The van der Waals surface area contributed by atoms with Crippen LogP contribution in [0.2, 0.25) is 0 Å². The highest BCUT2D eigenvalue weighted by Gasteiger charge is 2.22. The molecule has 0 bridgehead atoms. The predicted octanol–water partition coefficient (Wildman–Crippen LogP) is 3.63. The van der Waals surface area contributed by atoms with Gasteiger partial charge in [-0.05, 0) is 50.1 Å². The molecule has 27 heavy (non-hydrogen) atoms. The highest BCUT2D eigenvalue weighted by atomic mass is 32.2. The molecule has 1 aromatic carbocycles. The van der Waals surface area contributed by atoms with E-state index in [4.69, 9.17) is 0 Å². The van der Waals surface area contributed by atoms with E-state index in [1.807, 2.05) is 51.1 Å². The highest BCUT2D eigenvalue weighted by Crippen LogP contribution is 2.25. The zero-order chi connectivity index (χ0) is 19.4. The summed E-state index contributed by atoms with van der Waals surface area (Å²) >= 11 is 1.31. The minimum atomic E-state index is -0.377. The number of nitrogens with one attached hydrogen (secondary N) is 1. The van der Waals surface area contributed by atoms with E-state index in [2.05, 4.69) is 15.3 Å². The van der Waals surface area contributed by atoms with Crippen molar-refractivity contribution >= 4 is 34.4 Å². The van der Waals surface area contributed by atoms with Gasteiger partial charge in [0.1, 0.15) is 5.82 Å². The maximum Gasteiger partial charge on any atom is 0.262 e. The second-order valence-electron chi connectivity index (χ2n) is 6.18. The van der Waals surface area contributed by atoms with E-state index >= 15 is 0 Å². The Balaban J connectivity index is 1.89. The lowest BCUT2D eigenvalue weighted by molar-refractivity contribution is -0.115. The van der Waals surface area contributed by atoms with Gasteiger partial charge in [-0.3, -0.25) is 14.2 Å². The van der Waals surface area contributed by atoms with E-state index in [1.165, 1.54) is 11.8 Å². The summed E-state index contributed by atoms with van der Waals surface area (Å²) < 4.78 is 1.62. The van der Waals surface area contributed by atoms with E-state index in [0.717, 1.165) is 5.56 Å². The molecule has 1 amide bonds. The van der Waals surface area contributed by atoms with E-state index in [9.17, 15) is 9.59 Å². The number of aryl methyl sites for hydroxylation is 1. The molecule has 3 rings (SSSR count). The summed E-state index contributed by atoms with van der Waals surface area (Å²) in [4.78, 5) is 34.3. The minimum Gasteiger partial charge on any atom is -0.310 e. The first-order chi connectivity index (χ1) is 13.0. The van der Waals surface area contributed by atoms with Crippen molar-refractivity contribution in [1.29, 1.82) is 0 Å². The van der Waals surface area contributed by atoms with Crippen molar-refractivity contribution in [3.05, 3.63) is 58.5 Å². The zero-order valence-electron chi connectivity index (χ0n) is 15.6. The van der Waals surface area contributed by atoms with E-state index < -0.39 is 0 Å². The third-order valence-electron chi connectivity index (χ3n) is 4.22. The van der Waals surface area contributed by atoms with Crippen molar-refractivity contribution in [1.82, 2.24) is 14.5 Å². The molecule has 2 aromatic heterocycles. The first-order valence-corrected chi connectivity index (χ1v) is 9.81. The van der Waals surface area contributed by atoms with Gasteiger partial charge < -0.3 is 5.32 Å². The molecule has 7 heteroatoms. The lowest BCUT2D eigenvalue weighted by Crippen LogP contribution is -2.28. The molecule has 3 aromatic rings. The number of rotatable bonds is 6. The average molecular weight is 382 g/mol. The number of carbonyl (C=O) groups is 1. The van der Waals surface area contributed by atoms with Crippen LogP contribution >= 0.6 is 11.8 Å². The molecule has 0 spiro atoms. The molecule has 0 radical (unpaired) electrons. The lowest BCUT2D eigenvalue weighted by atomic mass is 10.2. The molecule has 6 nitrogen and oxygen atoms in total. The lowest BCUT2D eigenvalue weighted by Gasteiger charge is -2.17. The SMILES string of the molecule is CCC(Sc1nc2ccccc2c(=O)n1CC)C(=O)Nc1cc(C)ccn1. The van der Waals surface area contributed by atoms with Crippen LogP contribution in [0.25, 0.3) is 10.9 Å². The largest absolute Gasteiger partial charge is 0.310 e. The van der Waals surface area contributed by atoms with Crippen molar-refractivity contribution in [2.75, 3.05) is 5.32 Å². The molecule has 0 aliphatic carbocycles. The predicted molar refractivity (Wildman–Crippen MR) is 109 cm³/mol. The normalized spacial score (nSPS) is 12.1. The van der Waals surface area contributed by atoms with Gasteiger partial charge in [0.15, 0.2) is 5.16 Å². The second-order valence-corrected chi connectivity index (χ2v) is 7.35. The van der Waals surface area contributed by atoms with Crippen molar-refractivity contribution < 1.29 is 4.79 Å². The molecule has 0 aliphatic heterocycles. The number of benzene rings is 1. The number of pyridine rings is 1. The number of fused-ring (bicyclic) bond motifs is 1. The van der Waals surface area contributed by atoms with Crippen LogP contribution < -0.4 is 10.9 Å². The van der Waals surface area contributed by atoms with Gasteiger partial charge >= 0.3 is 0 Å². The molecular formula is C20H22N4O2S. The number of carbonyl (C=O) groups excluding carboxylic acids is 1. The van der Waals surface area contributed by atoms with Gasteiger partial charge in [-0.25, -0.2) is 9.97 Å². The minimum absolute atomic E-state index is 0.0822. The standard InChI is InChI=1S/C20H22N4O2S/c1-4-16(18(25)23-17-12-13(3)10-11-21-17)27-20-22-15-9-7-6-8-14(15)19(26)24(20)5-2/h6-12,16H,4-5H2,1-3H3,(H,21,23,25). The Bertz CT molecular complexity index is 1030. The number of anilines is 1. The second kappa shape index (κ2) is 8.35. The number of thioether (sulfide) groups is 1. The third kappa shape index (κ3) is 4.19. The van der Waals surface area contributed by atoms with Gasteiger partial charge in [0.2, 0.25) is 5.91 Å². The number of nitrogens with zero attached hydrogens (tertiary/aromatic N) is 3. The van der Waals surface area contributed by atoms with Gasteiger partial charge in [0.25, 0.3) is 5.56 Å². The first-order valence-electron chi connectivity index (χ1n) is 8.93. The van der Waals surface area contributed by atoms with Crippen molar-refractivity contribution in [3.63, 3.8) is 0 Å². The monoisotopic (exact) mass is 382 g/mol. The van der Waals surface area contributed by atoms with E-state index in [0.29, 0.717) is 34.8 Å². The fourth-order valence-electron chi connectivity index (χ4n) is 2.78. The Morgan fingerprint density at radius 2 is 2.04 bits per heavy atom. The average Bonchev–Trinajstić information content (AvgIpc) is 2.66. The molecule has 2 heterocycles. The Hall–Kier alpha value is -2.67. The number of hydrogen-bond acceptors (Lipinski definition) is 5. The van der Waals surface area contributed by atoms with Crippen molar-refractivity contribution in [3.8, 4) is 0 Å². The summed E-state index contributed by atoms with van der Waals surface area (Å²) in [7, 11) is 0. The molecule has 0 fully saturated rings. The van der Waals surface area contributed by atoms with Crippen LogP contribution in [0.4, 0.5) is 5.82 Å². The summed E-state index contributed by atoms with van der Waals surface area (Å²) in [5.74, 6) is 0.379.